The fourth-order valence-corrected chi connectivity index (χ4v) is 3.39. The Labute approximate surface area is 158 Å². The van der Waals surface area contributed by atoms with Gasteiger partial charge in [0.15, 0.2) is 0 Å². The van der Waals surface area contributed by atoms with Gasteiger partial charge in [-0.25, -0.2) is 4.98 Å². The minimum absolute atomic E-state index is 0.0247. The minimum Gasteiger partial charge on any atom is -0.468 e. The number of rotatable bonds is 9. The summed E-state index contributed by atoms with van der Waals surface area (Å²) in [6, 6.07) is 5.65. The van der Waals surface area contributed by atoms with Crippen molar-refractivity contribution in [2.45, 2.75) is 33.1 Å². The van der Waals surface area contributed by atoms with E-state index in [0.29, 0.717) is 18.2 Å². The maximum atomic E-state index is 12.7. The van der Waals surface area contributed by atoms with Crippen molar-refractivity contribution in [1.29, 1.82) is 0 Å². The molecule has 140 valence electrons. The molecule has 0 radical (unpaired) electrons. The van der Waals surface area contributed by atoms with Crippen LogP contribution in [0, 0.1) is 5.92 Å². The third-order valence-electron chi connectivity index (χ3n) is 4.30. The van der Waals surface area contributed by atoms with Gasteiger partial charge in [0, 0.05) is 18.1 Å². The van der Waals surface area contributed by atoms with E-state index >= 15 is 0 Å². The average Bonchev–Trinajstić information content (AvgIpc) is 3.14. The lowest BCUT2D eigenvalue weighted by atomic mass is 10.0. The molecular weight excluding hydrogens is 350 g/mol. The Morgan fingerprint density at radius 2 is 2.04 bits per heavy atom. The van der Waals surface area contributed by atoms with E-state index in [-0.39, 0.29) is 18.9 Å². The van der Waals surface area contributed by atoms with Crippen molar-refractivity contribution in [3.8, 4) is 10.7 Å². The normalized spacial score (nSPS) is 10.8. The van der Waals surface area contributed by atoms with E-state index in [9.17, 15) is 9.59 Å². The van der Waals surface area contributed by atoms with Crippen LogP contribution in [0.2, 0.25) is 0 Å². The maximum absolute atomic E-state index is 12.7. The summed E-state index contributed by atoms with van der Waals surface area (Å²) >= 11 is 1.46. The van der Waals surface area contributed by atoms with Gasteiger partial charge in [-0.05, 0) is 18.1 Å². The standard InChI is InChI=1S/C19H25N3O3S/c1-4-14(5-2)11-22(12-18(24)25-3)17(23)10-15-13-26-19(21-15)16-8-6-7-9-20-16/h6-9,13-14H,4-5,10-12H2,1-3H3. The van der Waals surface area contributed by atoms with Crippen LogP contribution in [-0.4, -0.2) is 46.9 Å². The lowest BCUT2D eigenvalue weighted by Crippen LogP contribution is -2.40. The van der Waals surface area contributed by atoms with Gasteiger partial charge in [-0.2, -0.15) is 0 Å². The molecule has 0 fully saturated rings. The molecule has 0 saturated heterocycles. The molecule has 2 heterocycles. The van der Waals surface area contributed by atoms with Crippen LogP contribution >= 0.6 is 11.3 Å². The molecule has 0 bridgehead atoms. The number of ether oxygens (including phenoxy) is 1. The van der Waals surface area contributed by atoms with Gasteiger partial charge in [0.2, 0.25) is 5.91 Å². The van der Waals surface area contributed by atoms with E-state index in [0.717, 1.165) is 23.5 Å². The zero-order valence-corrected chi connectivity index (χ0v) is 16.3. The summed E-state index contributed by atoms with van der Waals surface area (Å²) in [4.78, 5) is 34.8. The molecular formula is C19H25N3O3S. The molecule has 0 aliphatic carbocycles. The smallest absolute Gasteiger partial charge is 0.325 e. The largest absolute Gasteiger partial charge is 0.468 e. The van der Waals surface area contributed by atoms with Gasteiger partial charge in [0.05, 0.1) is 24.9 Å². The van der Waals surface area contributed by atoms with Crippen molar-refractivity contribution in [3.63, 3.8) is 0 Å². The van der Waals surface area contributed by atoms with Crippen molar-refractivity contribution in [2.24, 2.45) is 5.92 Å². The summed E-state index contributed by atoms with van der Waals surface area (Å²) in [6.07, 6.45) is 3.81. The third-order valence-corrected chi connectivity index (χ3v) is 5.22. The summed E-state index contributed by atoms with van der Waals surface area (Å²) in [7, 11) is 1.34. The molecule has 1 amide bonds. The molecule has 0 atom stereocenters. The first-order valence-electron chi connectivity index (χ1n) is 8.77. The molecule has 0 unspecified atom stereocenters. The van der Waals surface area contributed by atoms with Gasteiger partial charge in [0.25, 0.3) is 0 Å². The van der Waals surface area contributed by atoms with Gasteiger partial charge in [-0.3, -0.25) is 14.6 Å². The molecule has 0 N–H and O–H groups in total. The van der Waals surface area contributed by atoms with Crippen LogP contribution in [0.5, 0.6) is 0 Å². The lowest BCUT2D eigenvalue weighted by Gasteiger charge is -2.25. The number of thiazole rings is 1. The number of nitrogens with zero attached hydrogens (tertiary/aromatic N) is 3. The number of pyridine rings is 1. The Morgan fingerprint density at radius 1 is 1.27 bits per heavy atom. The number of hydrogen-bond donors (Lipinski definition) is 0. The van der Waals surface area contributed by atoms with E-state index in [1.165, 1.54) is 18.4 Å². The second-order valence-corrected chi connectivity index (χ2v) is 6.93. The Bertz CT molecular complexity index is 714. The van der Waals surface area contributed by atoms with Crippen LogP contribution in [0.3, 0.4) is 0 Å². The SMILES string of the molecule is CCC(CC)CN(CC(=O)OC)C(=O)Cc1csc(-c2ccccn2)n1. The van der Waals surface area contributed by atoms with E-state index in [4.69, 9.17) is 4.74 Å². The molecule has 2 rings (SSSR count). The topological polar surface area (TPSA) is 72.4 Å². The first-order valence-corrected chi connectivity index (χ1v) is 9.65. The Hall–Kier alpha value is -2.28. The van der Waals surface area contributed by atoms with Crippen LogP contribution < -0.4 is 0 Å². The zero-order chi connectivity index (χ0) is 18.9. The molecule has 6 nitrogen and oxygen atoms in total. The van der Waals surface area contributed by atoms with Crippen molar-refractivity contribution < 1.29 is 14.3 Å². The van der Waals surface area contributed by atoms with E-state index < -0.39 is 5.97 Å². The van der Waals surface area contributed by atoms with Gasteiger partial charge in [-0.1, -0.05) is 32.8 Å². The fourth-order valence-electron chi connectivity index (χ4n) is 2.60. The van der Waals surface area contributed by atoms with Gasteiger partial charge in [-0.15, -0.1) is 11.3 Å². The van der Waals surface area contributed by atoms with Crippen molar-refractivity contribution in [3.05, 3.63) is 35.5 Å². The quantitative estimate of drug-likeness (QED) is 0.630. The minimum atomic E-state index is -0.406. The number of esters is 1. The highest BCUT2D eigenvalue weighted by atomic mass is 32.1. The number of methoxy groups -OCH3 is 1. The highest BCUT2D eigenvalue weighted by Crippen LogP contribution is 2.22. The van der Waals surface area contributed by atoms with Crippen LogP contribution in [0.15, 0.2) is 29.8 Å². The summed E-state index contributed by atoms with van der Waals surface area (Å²) in [5.74, 6) is -0.153. The molecule has 7 heteroatoms. The number of hydrogen-bond acceptors (Lipinski definition) is 6. The number of carbonyl (C=O) groups excluding carboxylic acids is 2. The number of carbonyl (C=O) groups is 2. The summed E-state index contributed by atoms with van der Waals surface area (Å²) in [5.41, 5.74) is 1.49. The molecule has 2 aromatic heterocycles. The van der Waals surface area contributed by atoms with Crippen molar-refractivity contribution in [1.82, 2.24) is 14.9 Å². The molecule has 0 spiro atoms. The zero-order valence-electron chi connectivity index (χ0n) is 15.5. The number of amides is 1. The summed E-state index contributed by atoms with van der Waals surface area (Å²) in [5, 5.41) is 2.66. The highest BCUT2D eigenvalue weighted by molar-refractivity contribution is 7.13. The van der Waals surface area contributed by atoms with Crippen LogP contribution in [0.25, 0.3) is 10.7 Å². The lowest BCUT2D eigenvalue weighted by molar-refractivity contribution is -0.147. The second kappa shape index (κ2) is 10.0. The van der Waals surface area contributed by atoms with Crippen LogP contribution in [0.4, 0.5) is 0 Å². The van der Waals surface area contributed by atoms with Gasteiger partial charge >= 0.3 is 5.97 Å². The molecule has 26 heavy (non-hydrogen) atoms. The average molecular weight is 375 g/mol. The molecule has 0 saturated carbocycles. The first-order chi connectivity index (χ1) is 12.6. The third kappa shape index (κ3) is 5.62. The van der Waals surface area contributed by atoms with E-state index in [1.807, 2.05) is 23.6 Å². The fraction of sp³-hybridized carbons (Fsp3) is 0.474. The number of aromatic nitrogens is 2. The van der Waals surface area contributed by atoms with E-state index in [2.05, 4.69) is 23.8 Å². The maximum Gasteiger partial charge on any atom is 0.325 e. The van der Waals surface area contributed by atoms with Gasteiger partial charge < -0.3 is 9.64 Å². The first kappa shape index (κ1) is 20.0. The van der Waals surface area contributed by atoms with Crippen LogP contribution in [-0.2, 0) is 20.7 Å². The second-order valence-electron chi connectivity index (χ2n) is 6.07. The predicted octanol–water partition coefficient (Wildman–Crippen LogP) is 3.19. The molecule has 0 aliphatic rings. The molecule has 2 aromatic rings. The van der Waals surface area contributed by atoms with Gasteiger partial charge in [0.1, 0.15) is 11.6 Å². The van der Waals surface area contributed by atoms with E-state index in [1.54, 1.807) is 11.1 Å². The Morgan fingerprint density at radius 3 is 2.65 bits per heavy atom. The molecule has 0 aliphatic heterocycles. The summed E-state index contributed by atoms with van der Waals surface area (Å²) < 4.78 is 4.74. The van der Waals surface area contributed by atoms with Crippen molar-refractivity contribution in [2.75, 3.05) is 20.2 Å². The monoisotopic (exact) mass is 375 g/mol. The van der Waals surface area contributed by atoms with Crippen molar-refractivity contribution >= 4 is 23.2 Å². The van der Waals surface area contributed by atoms with Crippen LogP contribution in [0.1, 0.15) is 32.4 Å². The highest BCUT2D eigenvalue weighted by Gasteiger charge is 2.21. The Kier molecular flexibility index (Phi) is 7.72. The predicted molar refractivity (Wildman–Crippen MR) is 102 cm³/mol. The Balaban J connectivity index is 2.08. The molecule has 0 aromatic carbocycles. The summed E-state index contributed by atoms with van der Waals surface area (Å²) in [6.45, 7) is 4.71.